The van der Waals surface area contributed by atoms with Crippen LogP contribution in [0.2, 0.25) is 0 Å². The first-order chi connectivity index (χ1) is 4.66. The molecule has 62 valence electrons. The monoisotopic (exact) mass is 147 g/mol. The fourth-order valence-electron chi connectivity index (χ4n) is 0.565. The van der Waals surface area contributed by atoms with Crippen molar-refractivity contribution in [2.45, 2.75) is 32.4 Å². The number of aliphatic hydroxyl groups excluding tert-OH is 1. The summed E-state index contributed by atoms with van der Waals surface area (Å²) in [4.78, 5) is 0. The molecule has 0 aliphatic heterocycles. The Kier molecular flexibility index (Phi) is 5.58. The van der Waals surface area contributed by atoms with Crippen molar-refractivity contribution >= 4 is 0 Å². The van der Waals surface area contributed by atoms with Gasteiger partial charge in [0.05, 0.1) is 12.7 Å². The Morgan fingerprint density at radius 1 is 1.50 bits per heavy atom. The van der Waals surface area contributed by atoms with Crippen molar-refractivity contribution in [1.29, 1.82) is 0 Å². The molecule has 0 aliphatic carbocycles. The van der Waals surface area contributed by atoms with E-state index in [1.54, 1.807) is 0 Å². The maximum absolute atomic E-state index is 8.47. The molecule has 0 amide bonds. The molecular weight excluding hydrogens is 130 g/mol. The maximum Gasteiger partial charge on any atom is 0.0621 e. The quantitative estimate of drug-likeness (QED) is 0.580. The summed E-state index contributed by atoms with van der Waals surface area (Å²) in [6.07, 6.45) is 0.844. The van der Waals surface area contributed by atoms with E-state index >= 15 is 0 Å². The second-order valence-corrected chi connectivity index (χ2v) is 2.65. The van der Waals surface area contributed by atoms with Crippen molar-refractivity contribution in [3.63, 3.8) is 0 Å². The standard InChI is InChI=1S/C7H17NO2/c1-6(2)10-5-7(8)3-4-9/h6-7,9H,3-5,8H2,1-2H3. The van der Waals surface area contributed by atoms with Crippen LogP contribution in [-0.2, 0) is 4.74 Å². The highest BCUT2D eigenvalue weighted by atomic mass is 16.5. The van der Waals surface area contributed by atoms with E-state index in [-0.39, 0.29) is 18.8 Å². The molecule has 0 aliphatic rings. The average molecular weight is 147 g/mol. The van der Waals surface area contributed by atoms with Crippen molar-refractivity contribution in [2.24, 2.45) is 5.73 Å². The van der Waals surface area contributed by atoms with Gasteiger partial charge in [0.15, 0.2) is 0 Å². The van der Waals surface area contributed by atoms with Crippen LogP contribution >= 0.6 is 0 Å². The van der Waals surface area contributed by atoms with E-state index in [9.17, 15) is 0 Å². The van der Waals surface area contributed by atoms with E-state index in [1.165, 1.54) is 0 Å². The van der Waals surface area contributed by atoms with Crippen molar-refractivity contribution in [3.05, 3.63) is 0 Å². The van der Waals surface area contributed by atoms with E-state index in [0.29, 0.717) is 13.0 Å². The lowest BCUT2D eigenvalue weighted by Gasteiger charge is -2.12. The van der Waals surface area contributed by atoms with Crippen LogP contribution in [0, 0.1) is 0 Å². The van der Waals surface area contributed by atoms with Crippen molar-refractivity contribution in [1.82, 2.24) is 0 Å². The minimum atomic E-state index is -0.0209. The molecular formula is C7H17NO2. The minimum absolute atomic E-state index is 0.0209. The van der Waals surface area contributed by atoms with Gasteiger partial charge in [0.25, 0.3) is 0 Å². The normalized spacial score (nSPS) is 14.1. The number of nitrogens with two attached hydrogens (primary N) is 1. The van der Waals surface area contributed by atoms with Gasteiger partial charge in [-0.2, -0.15) is 0 Å². The van der Waals surface area contributed by atoms with Crippen LogP contribution in [-0.4, -0.2) is 30.5 Å². The fourth-order valence-corrected chi connectivity index (χ4v) is 0.565. The maximum atomic E-state index is 8.47. The van der Waals surface area contributed by atoms with Gasteiger partial charge in [0, 0.05) is 12.6 Å². The number of hydrogen-bond donors (Lipinski definition) is 2. The van der Waals surface area contributed by atoms with Gasteiger partial charge in [0.2, 0.25) is 0 Å². The first kappa shape index (κ1) is 9.88. The van der Waals surface area contributed by atoms with E-state index in [4.69, 9.17) is 15.6 Å². The summed E-state index contributed by atoms with van der Waals surface area (Å²) < 4.78 is 5.22. The summed E-state index contributed by atoms with van der Waals surface area (Å²) in [5.74, 6) is 0. The Hall–Kier alpha value is -0.120. The summed E-state index contributed by atoms with van der Waals surface area (Å²) in [6, 6.07) is -0.0209. The summed E-state index contributed by atoms with van der Waals surface area (Å²) in [6.45, 7) is 4.61. The molecule has 0 heterocycles. The first-order valence-corrected chi connectivity index (χ1v) is 3.65. The molecule has 3 N–H and O–H groups in total. The van der Waals surface area contributed by atoms with E-state index in [0.717, 1.165) is 0 Å². The van der Waals surface area contributed by atoms with Gasteiger partial charge in [-0.1, -0.05) is 0 Å². The highest BCUT2D eigenvalue weighted by Crippen LogP contribution is 1.92. The molecule has 0 fully saturated rings. The predicted molar refractivity (Wildman–Crippen MR) is 40.8 cm³/mol. The highest BCUT2D eigenvalue weighted by Gasteiger charge is 2.01. The SMILES string of the molecule is CC(C)OCC(N)CCO. The van der Waals surface area contributed by atoms with Gasteiger partial charge in [-0.15, -0.1) is 0 Å². The molecule has 1 atom stereocenters. The molecule has 1 unspecified atom stereocenters. The third kappa shape index (κ3) is 6.01. The topological polar surface area (TPSA) is 55.5 Å². The Bertz CT molecular complexity index is 76.0. The fraction of sp³-hybridized carbons (Fsp3) is 1.00. The smallest absolute Gasteiger partial charge is 0.0621 e. The van der Waals surface area contributed by atoms with Crippen LogP contribution in [0.4, 0.5) is 0 Å². The van der Waals surface area contributed by atoms with E-state index in [2.05, 4.69) is 0 Å². The van der Waals surface area contributed by atoms with Gasteiger partial charge in [-0.25, -0.2) is 0 Å². The summed E-state index contributed by atoms with van der Waals surface area (Å²) >= 11 is 0. The molecule has 0 aromatic heterocycles. The Balaban J connectivity index is 3.12. The lowest BCUT2D eigenvalue weighted by Crippen LogP contribution is -2.28. The molecule has 0 saturated carbocycles. The number of aliphatic hydroxyl groups is 1. The van der Waals surface area contributed by atoms with Crippen molar-refractivity contribution in [3.8, 4) is 0 Å². The van der Waals surface area contributed by atoms with E-state index in [1.807, 2.05) is 13.8 Å². The molecule has 0 saturated heterocycles. The van der Waals surface area contributed by atoms with E-state index < -0.39 is 0 Å². The molecule has 0 rings (SSSR count). The molecule has 0 bridgehead atoms. The largest absolute Gasteiger partial charge is 0.396 e. The number of rotatable bonds is 5. The van der Waals surface area contributed by atoms with Crippen LogP contribution in [0.5, 0.6) is 0 Å². The number of ether oxygens (including phenoxy) is 1. The zero-order valence-electron chi connectivity index (χ0n) is 6.71. The van der Waals surface area contributed by atoms with Crippen LogP contribution in [0.1, 0.15) is 20.3 Å². The molecule has 3 heteroatoms. The van der Waals surface area contributed by atoms with Gasteiger partial charge in [-0.3, -0.25) is 0 Å². The Morgan fingerprint density at radius 2 is 2.10 bits per heavy atom. The lowest BCUT2D eigenvalue weighted by atomic mass is 10.2. The molecule has 10 heavy (non-hydrogen) atoms. The summed E-state index contributed by atoms with van der Waals surface area (Å²) in [5.41, 5.74) is 5.55. The summed E-state index contributed by atoms with van der Waals surface area (Å²) in [5, 5.41) is 8.47. The molecule has 0 spiro atoms. The Labute approximate surface area is 62.2 Å². The van der Waals surface area contributed by atoms with Gasteiger partial charge in [0.1, 0.15) is 0 Å². The second kappa shape index (κ2) is 5.65. The van der Waals surface area contributed by atoms with Crippen LogP contribution in [0.3, 0.4) is 0 Å². The lowest BCUT2D eigenvalue weighted by molar-refractivity contribution is 0.0634. The Morgan fingerprint density at radius 3 is 2.50 bits per heavy atom. The van der Waals surface area contributed by atoms with Crippen molar-refractivity contribution in [2.75, 3.05) is 13.2 Å². The minimum Gasteiger partial charge on any atom is -0.396 e. The molecule has 0 aromatic carbocycles. The first-order valence-electron chi connectivity index (χ1n) is 3.65. The van der Waals surface area contributed by atoms with Crippen LogP contribution in [0.25, 0.3) is 0 Å². The molecule has 0 radical (unpaired) electrons. The predicted octanol–water partition coefficient (Wildman–Crippen LogP) is 0.121. The highest BCUT2D eigenvalue weighted by molar-refractivity contribution is 4.58. The van der Waals surface area contributed by atoms with Gasteiger partial charge >= 0.3 is 0 Å². The average Bonchev–Trinajstić information content (AvgIpc) is 1.85. The molecule has 0 aromatic rings. The second-order valence-electron chi connectivity index (χ2n) is 2.65. The zero-order valence-corrected chi connectivity index (χ0v) is 6.71. The van der Waals surface area contributed by atoms with Crippen molar-refractivity contribution < 1.29 is 9.84 Å². The van der Waals surface area contributed by atoms with Gasteiger partial charge in [-0.05, 0) is 20.3 Å². The number of hydrogen-bond acceptors (Lipinski definition) is 3. The summed E-state index contributed by atoms with van der Waals surface area (Å²) in [7, 11) is 0. The van der Waals surface area contributed by atoms with Gasteiger partial charge < -0.3 is 15.6 Å². The third-order valence-corrected chi connectivity index (χ3v) is 1.14. The van der Waals surface area contributed by atoms with Crippen LogP contribution in [0.15, 0.2) is 0 Å². The van der Waals surface area contributed by atoms with Crippen LogP contribution < -0.4 is 5.73 Å². The molecule has 3 nitrogen and oxygen atoms in total. The zero-order chi connectivity index (χ0) is 7.98. The third-order valence-electron chi connectivity index (χ3n) is 1.14.